The van der Waals surface area contributed by atoms with E-state index in [1.54, 1.807) is 12.3 Å². The smallest absolute Gasteiger partial charge is 0.189 e. The van der Waals surface area contributed by atoms with E-state index in [0.717, 1.165) is 22.0 Å². The minimum Gasteiger partial charge on any atom is -0.383 e. The lowest BCUT2D eigenvalue weighted by atomic mass is 9.92. The number of pyridine rings is 1. The normalized spacial score (nSPS) is 11.2. The molecule has 1 aromatic heterocycles. The van der Waals surface area contributed by atoms with Crippen molar-refractivity contribution < 1.29 is 4.79 Å². The van der Waals surface area contributed by atoms with Gasteiger partial charge in [-0.05, 0) is 30.7 Å². The number of halogens is 1. The maximum absolute atomic E-state index is 12.9. The van der Waals surface area contributed by atoms with Crippen molar-refractivity contribution >= 4 is 28.3 Å². The van der Waals surface area contributed by atoms with E-state index in [1.165, 1.54) is 0 Å². The van der Waals surface area contributed by atoms with E-state index in [4.69, 9.17) is 11.6 Å². The van der Waals surface area contributed by atoms with Gasteiger partial charge in [0.1, 0.15) is 0 Å². The van der Waals surface area contributed by atoms with Crippen LogP contribution < -0.4 is 0 Å². The van der Waals surface area contributed by atoms with Crippen LogP contribution in [0.5, 0.6) is 0 Å². The summed E-state index contributed by atoms with van der Waals surface area (Å²) in [6.45, 7) is 1.87. The van der Waals surface area contributed by atoms with Gasteiger partial charge in [0, 0.05) is 48.0 Å². The molecule has 3 aromatic rings. The first-order valence-corrected chi connectivity index (χ1v) is 8.39. The van der Waals surface area contributed by atoms with Crippen LogP contribution in [0.1, 0.15) is 16.1 Å². The van der Waals surface area contributed by atoms with Gasteiger partial charge in [0.05, 0.1) is 11.1 Å². The van der Waals surface area contributed by atoms with Gasteiger partial charge in [-0.25, -0.2) is 0 Å². The van der Waals surface area contributed by atoms with E-state index < -0.39 is 0 Å². The van der Waals surface area contributed by atoms with Crippen molar-refractivity contribution in [3.63, 3.8) is 0 Å². The number of ketones is 1. The average molecular weight is 351 g/mol. The molecule has 4 heteroatoms. The summed E-state index contributed by atoms with van der Waals surface area (Å²) in [7, 11) is 3.76. The Hall–Kier alpha value is -2.65. The predicted molar refractivity (Wildman–Crippen MR) is 104 cm³/mol. The lowest BCUT2D eigenvalue weighted by Gasteiger charge is -2.15. The molecular formula is C21H19ClN2O. The molecule has 1 heterocycles. The monoisotopic (exact) mass is 350 g/mol. The van der Waals surface area contributed by atoms with Crippen molar-refractivity contribution in [2.24, 2.45) is 0 Å². The number of allylic oxidation sites excluding steroid dienone is 1. The van der Waals surface area contributed by atoms with Crippen molar-refractivity contribution in [2.75, 3.05) is 14.1 Å². The van der Waals surface area contributed by atoms with Gasteiger partial charge >= 0.3 is 0 Å². The Morgan fingerprint density at radius 1 is 1.12 bits per heavy atom. The first-order valence-electron chi connectivity index (χ1n) is 8.01. The van der Waals surface area contributed by atoms with E-state index in [0.29, 0.717) is 16.3 Å². The molecule has 0 aliphatic carbocycles. The Kier molecular flexibility index (Phi) is 4.86. The maximum atomic E-state index is 12.9. The second-order valence-electron chi connectivity index (χ2n) is 6.12. The summed E-state index contributed by atoms with van der Waals surface area (Å²) in [5.74, 6) is -0.0700. The third-order valence-electron chi connectivity index (χ3n) is 3.96. The van der Waals surface area contributed by atoms with Crippen molar-refractivity contribution in [3.8, 4) is 11.1 Å². The average Bonchev–Trinajstić information content (AvgIpc) is 2.59. The topological polar surface area (TPSA) is 33.2 Å². The number of hydrogen-bond donors (Lipinski definition) is 0. The summed E-state index contributed by atoms with van der Waals surface area (Å²) >= 11 is 6.22. The summed E-state index contributed by atoms with van der Waals surface area (Å²) in [6.07, 6.45) is 3.32. The first kappa shape index (κ1) is 17.2. The Morgan fingerprint density at radius 3 is 2.52 bits per heavy atom. The third-order valence-corrected chi connectivity index (χ3v) is 4.20. The van der Waals surface area contributed by atoms with Gasteiger partial charge in [-0.15, -0.1) is 0 Å². The lowest BCUT2D eigenvalue weighted by Crippen LogP contribution is -2.07. The molecule has 0 amide bonds. The molecule has 0 N–H and O–H groups in total. The van der Waals surface area contributed by atoms with Crippen LogP contribution >= 0.6 is 11.6 Å². The number of carbonyl (C=O) groups is 1. The highest BCUT2D eigenvalue weighted by Crippen LogP contribution is 2.34. The highest BCUT2D eigenvalue weighted by molar-refractivity contribution is 6.31. The van der Waals surface area contributed by atoms with Gasteiger partial charge in [-0.2, -0.15) is 0 Å². The van der Waals surface area contributed by atoms with E-state index in [9.17, 15) is 4.79 Å². The molecule has 0 radical (unpaired) electrons. The number of rotatable bonds is 4. The summed E-state index contributed by atoms with van der Waals surface area (Å²) in [6, 6.07) is 15.5. The molecular weight excluding hydrogens is 332 g/mol. The maximum Gasteiger partial charge on any atom is 0.189 e. The Balaban J connectivity index is 2.35. The van der Waals surface area contributed by atoms with Crippen LogP contribution in [0, 0.1) is 6.92 Å². The molecule has 0 aliphatic rings. The van der Waals surface area contributed by atoms with Gasteiger partial charge in [-0.1, -0.05) is 41.9 Å². The van der Waals surface area contributed by atoms with Crippen LogP contribution in [0.4, 0.5) is 0 Å². The molecule has 0 saturated carbocycles. The number of hydrogen-bond acceptors (Lipinski definition) is 3. The fourth-order valence-corrected chi connectivity index (χ4v) is 3.04. The number of aromatic nitrogens is 1. The fraction of sp³-hybridized carbons (Fsp3) is 0.143. The molecule has 0 fully saturated rings. The third kappa shape index (κ3) is 3.57. The van der Waals surface area contributed by atoms with Crippen LogP contribution in [-0.2, 0) is 0 Å². The zero-order valence-corrected chi connectivity index (χ0v) is 15.2. The van der Waals surface area contributed by atoms with Gasteiger partial charge in [-0.3, -0.25) is 9.78 Å². The zero-order chi connectivity index (χ0) is 18.0. The van der Waals surface area contributed by atoms with Crippen LogP contribution in [0.25, 0.3) is 22.0 Å². The molecule has 0 bridgehead atoms. The van der Waals surface area contributed by atoms with Crippen molar-refractivity contribution in [3.05, 3.63) is 77.1 Å². The second-order valence-corrected chi connectivity index (χ2v) is 6.55. The summed E-state index contributed by atoms with van der Waals surface area (Å²) < 4.78 is 0. The summed E-state index contributed by atoms with van der Waals surface area (Å²) in [4.78, 5) is 19.4. The van der Waals surface area contributed by atoms with Crippen LogP contribution in [0.3, 0.4) is 0 Å². The van der Waals surface area contributed by atoms with Gasteiger partial charge < -0.3 is 4.90 Å². The molecule has 0 aliphatic heterocycles. The predicted octanol–water partition coefficient (Wildman–Crippen LogP) is 5.12. The molecule has 126 valence electrons. The van der Waals surface area contributed by atoms with E-state index >= 15 is 0 Å². The summed E-state index contributed by atoms with van der Waals surface area (Å²) in [5, 5.41) is 1.50. The van der Waals surface area contributed by atoms with Crippen LogP contribution in [0.15, 0.2) is 60.8 Å². The standard InChI is InChI=1S/C21H19ClN2O/c1-14-20(19(25)11-12-24(2)3)21(15-7-5-4-6-8-15)17-13-16(22)9-10-18(17)23-14/h4-13H,1-3H3/b12-11+. The molecule has 0 spiro atoms. The minimum absolute atomic E-state index is 0.0700. The van der Waals surface area contributed by atoms with E-state index in [2.05, 4.69) is 4.98 Å². The van der Waals surface area contributed by atoms with E-state index in [1.807, 2.05) is 74.4 Å². The lowest BCUT2D eigenvalue weighted by molar-refractivity contribution is 0.104. The van der Waals surface area contributed by atoms with Crippen molar-refractivity contribution in [2.45, 2.75) is 6.92 Å². The zero-order valence-electron chi connectivity index (χ0n) is 14.5. The number of fused-ring (bicyclic) bond motifs is 1. The molecule has 3 rings (SSSR count). The summed E-state index contributed by atoms with van der Waals surface area (Å²) in [5.41, 5.74) is 4.00. The molecule has 0 atom stereocenters. The number of benzene rings is 2. The minimum atomic E-state index is -0.0700. The van der Waals surface area contributed by atoms with E-state index in [-0.39, 0.29) is 5.78 Å². The second kappa shape index (κ2) is 7.08. The highest BCUT2D eigenvalue weighted by Gasteiger charge is 2.19. The molecule has 2 aromatic carbocycles. The fourth-order valence-electron chi connectivity index (χ4n) is 2.86. The Bertz CT molecular complexity index is 963. The molecule has 0 saturated heterocycles. The number of carbonyl (C=O) groups excluding carboxylic acids is 1. The van der Waals surface area contributed by atoms with Crippen LogP contribution in [0.2, 0.25) is 5.02 Å². The largest absolute Gasteiger partial charge is 0.383 e. The molecule has 3 nitrogen and oxygen atoms in total. The van der Waals surface area contributed by atoms with Gasteiger partial charge in [0.2, 0.25) is 0 Å². The van der Waals surface area contributed by atoms with Crippen molar-refractivity contribution in [1.29, 1.82) is 0 Å². The quantitative estimate of drug-likeness (QED) is 0.483. The molecule has 0 unspecified atom stereocenters. The highest BCUT2D eigenvalue weighted by atomic mass is 35.5. The van der Waals surface area contributed by atoms with Gasteiger partial charge in [0.25, 0.3) is 0 Å². The first-order chi connectivity index (χ1) is 12.0. The van der Waals surface area contributed by atoms with Crippen LogP contribution in [-0.4, -0.2) is 29.8 Å². The Labute approximate surface area is 152 Å². The Morgan fingerprint density at radius 2 is 1.84 bits per heavy atom. The molecule has 25 heavy (non-hydrogen) atoms. The SMILES string of the molecule is Cc1nc2ccc(Cl)cc2c(-c2ccccc2)c1C(=O)/C=C/N(C)C. The number of nitrogens with zero attached hydrogens (tertiary/aromatic N) is 2. The van der Waals surface area contributed by atoms with Crippen molar-refractivity contribution in [1.82, 2.24) is 9.88 Å². The van der Waals surface area contributed by atoms with Gasteiger partial charge in [0.15, 0.2) is 5.78 Å². The number of aryl methyl sites for hydroxylation is 1.